The van der Waals surface area contributed by atoms with Gasteiger partial charge >= 0.3 is 0 Å². The third-order valence-electron chi connectivity index (χ3n) is 3.98. The minimum atomic E-state index is -2.57. The SMILES string of the molecule is FC(F)[C@@H]1COC(=S)N1c1cn2c(n1)-c1ccc(Br)cc1OCC2. The zero-order chi connectivity index (χ0) is 16.8. The van der Waals surface area contributed by atoms with Crippen molar-refractivity contribution in [3.8, 4) is 17.1 Å². The van der Waals surface area contributed by atoms with E-state index in [2.05, 4.69) is 20.9 Å². The Labute approximate surface area is 150 Å². The maximum atomic E-state index is 13.2. The molecule has 0 radical (unpaired) electrons. The molecule has 2 aliphatic rings. The molecule has 3 heterocycles. The Balaban J connectivity index is 1.79. The molecule has 24 heavy (non-hydrogen) atoms. The maximum Gasteiger partial charge on any atom is 0.265 e. The number of alkyl halides is 2. The van der Waals surface area contributed by atoms with E-state index in [1.54, 1.807) is 6.20 Å². The first-order valence-corrected chi connectivity index (χ1v) is 8.49. The molecule has 0 saturated carbocycles. The first kappa shape index (κ1) is 15.8. The fourth-order valence-electron chi connectivity index (χ4n) is 2.84. The Kier molecular flexibility index (Phi) is 3.92. The molecule has 1 atom stereocenters. The minimum Gasteiger partial charge on any atom is -0.491 e. The van der Waals surface area contributed by atoms with Crippen LogP contribution in [0.1, 0.15) is 0 Å². The summed E-state index contributed by atoms with van der Waals surface area (Å²) >= 11 is 8.49. The second kappa shape index (κ2) is 5.96. The van der Waals surface area contributed by atoms with Gasteiger partial charge in [0.05, 0.1) is 12.1 Å². The summed E-state index contributed by atoms with van der Waals surface area (Å²) in [7, 11) is 0. The minimum absolute atomic E-state index is 0.0286. The summed E-state index contributed by atoms with van der Waals surface area (Å²) in [5.41, 5.74) is 0.807. The highest BCUT2D eigenvalue weighted by atomic mass is 79.9. The second-order valence-electron chi connectivity index (χ2n) is 5.45. The van der Waals surface area contributed by atoms with Crippen molar-refractivity contribution in [2.24, 2.45) is 0 Å². The number of aromatic nitrogens is 2. The van der Waals surface area contributed by atoms with Crippen LogP contribution < -0.4 is 9.64 Å². The van der Waals surface area contributed by atoms with Crippen molar-refractivity contribution < 1.29 is 18.3 Å². The van der Waals surface area contributed by atoms with Crippen LogP contribution in [0.3, 0.4) is 0 Å². The van der Waals surface area contributed by atoms with Crippen LogP contribution in [0.25, 0.3) is 11.4 Å². The van der Waals surface area contributed by atoms with Gasteiger partial charge in [0.25, 0.3) is 11.6 Å². The summed E-state index contributed by atoms with van der Waals surface area (Å²) in [5, 5.41) is 0.0286. The van der Waals surface area contributed by atoms with E-state index >= 15 is 0 Å². The summed E-state index contributed by atoms with van der Waals surface area (Å²) in [6.07, 6.45) is -0.856. The maximum absolute atomic E-state index is 13.2. The molecule has 0 N–H and O–H groups in total. The molecule has 0 aliphatic carbocycles. The molecule has 0 bridgehead atoms. The van der Waals surface area contributed by atoms with Gasteiger partial charge < -0.3 is 14.0 Å². The highest BCUT2D eigenvalue weighted by Crippen LogP contribution is 2.36. The van der Waals surface area contributed by atoms with E-state index in [1.807, 2.05) is 22.8 Å². The fourth-order valence-corrected chi connectivity index (χ4v) is 3.48. The quantitative estimate of drug-likeness (QED) is 0.702. The zero-order valence-corrected chi connectivity index (χ0v) is 14.7. The molecule has 5 nitrogen and oxygen atoms in total. The van der Waals surface area contributed by atoms with Gasteiger partial charge in [0, 0.05) is 10.7 Å². The van der Waals surface area contributed by atoms with Crippen molar-refractivity contribution in [2.75, 3.05) is 18.1 Å². The van der Waals surface area contributed by atoms with E-state index in [1.165, 1.54) is 4.90 Å². The number of rotatable bonds is 2. The molecule has 126 valence electrons. The van der Waals surface area contributed by atoms with Gasteiger partial charge in [0.1, 0.15) is 30.8 Å². The van der Waals surface area contributed by atoms with Crippen LogP contribution in [0.2, 0.25) is 0 Å². The zero-order valence-electron chi connectivity index (χ0n) is 12.3. The Morgan fingerprint density at radius 3 is 2.96 bits per heavy atom. The van der Waals surface area contributed by atoms with Crippen LogP contribution in [0.15, 0.2) is 28.9 Å². The van der Waals surface area contributed by atoms with Crippen molar-refractivity contribution in [1.29, 1.82) is 0 Å². The third kappa shape index (κ3) is 2.55. The van der Waals surface area contributed by atoms with Crippen LogP contribution in [-0.4, -0.2) is 40.4 Å². The van der Waals surface area contributed by atoms with Crippen molar-refractivity contribution in [3.63, 3.8) is 0 Å². The highest BCUT2D eigenvalue weighted by Gasteiger charge is 2.39. The molecule has 4 rings (SSSR count). The van der Waals surface area contributed by atoms with Crippen LogP contribution in [-0.2, 0) is 11.3 Å². The topological polar surface area (TPSA) is 39.5 Å². The van der Waals surface area contributed by atoms with E-state index in [4.69, 9.17) is 21.7 Å². The number of thiocarbonyl (C=S) groups is 1. The van der Waals surface area contributed by atoms with E-state index < -0.39 is 12.5 Å². The molecule has 1 aromatic heterocycles. The molecule has 2 aromatic rings. The third-order valence-corrected chi connectivity index (χ3v) is 4.79. The normalized spacial score (nSPS) is 19.6. The molecule has 1 fully saturated rings. The van der Waals surface area contributed by atoms with Crippen molar-refractivity contribution in [3.05, 3.63) is 28.9 Å². The molecule has 0 amide bonds. The van der Waals surface area contributed by atoms with Crippen LogP contribution in [0, 0.1) is 0 Å². The van der Waals surface area contributed by atoms with Gasteiger partial charge in [-0.1, -0.05) is 15.9 Å². The average Bonchev–Trinajstić information content (AvgIpc) is 3.07. The molecular formula is C15H12BrF2N3O2S. The van der Waals surface area contributed by atoms with E-state index in [0.29, 0.717) is 30.5 Å². The molecule has 9 heteroatoms. The van der Waals surface area contributed by atoms with E-state index in [0.717, 1.165) is 10.0 Å². The van der Waals surface area contributed by atoms with Crippen molar-refractivity contribution in [1.82, 2.24) is 9.55 Å². The summed E-state index contributed by atoms with van der Waals surface area (Å²) in [4.78, 5) is 5.83. The lowest BCUT2D eigenvalue weighted by Crippen LogP contribution is -2.38. The number of anilines is 1. The van der Waals surface area contributed by atoms with Gasteiger partial charge in [-0.3, -0.25) is 4.90 Å². The fraction of sp³-hybridized carbons (Fsp3) is 0.333. The van der Waals surface area contributed by atoms with Crippen LogP contribution in [0.5, 0.6) is 5.75 Å². The van der Waals surface area contributed by atoms with E-state index in [9.17, 15) is 8.78 Å². The van der Waals surface area contributed by atoms with Gasteiger partial charge in [-0.2, -0.15) is 0 Å². The molecule has 1 saturated heterocycles. The number of halogens is 3. The van der Waals surface area contributed by atoms with Gasteiger partial charge in [-0.25, -0.2) is 13.8 Å². The number of ether oxygens (including phenoxy) is 2. The predicted octanol–water partition coefficient (Wildman–Crippen LogP) is 3.46. The summed E-state index contributed by atoms with van der Waals surface area (Å²) < 4.78 is 40.1. The first-order valence-electron chi connectivity index (χ1n) is 7.28. The van der Waals surface area contributed by atoms with Crippen molar-refractivity contribution >= 4 is 39.1 Å². The standard InChI is InChI=1S/C15H12BrF2N3O2S/c16-8-1-2-9-11(5-8)22-4-3-20-6-12(19-14(9)20)21-10(13(17)18)7-23-15(21)24/h1-2,5-6,10,13H,3-4,7H2/t10-/m0/s1. The Morgan fingerprint density at radius 2 is 2.17 bits per heavy atom. The highest BCUT2D eigenvalue weighted by molar-refractivity contribution is 9.10. The largest absolute Gasteiger partial charge is 0.491 e. The van der Waals surface area contributed by atoms with Gasteiger partial charge in [0.2, 0.25) is 0 Å². The van der Waals surface area contributed by atoms with Crippen LogP contribution in [0.4, 0.5) is 14.6 Å². The van der Waals surface area contributed by atoms with E-state index in [-0.39, 0.29) is 11.8 Å². The number of imidazole rings is 1. The number of hydrogen-bond donors (Lipinski definition) is 0. The van der Waals surface area contributed by atoms with Gasteiger partial charge in [-0.05, 0) is 30.4 Å². The monoisotopic (exact) mass is 415 g/mol. The Morgan fingerprint density at radius 1 is 1.33 bits per heavy atom. The molecule has 0 spiro atoms. The summed E-state index contributed by atoms with van der Waals surface area (Å²) in [5.74, 6) is 1.73. The molecule has 0 unspecified atom stereocenters. The van der Waals surface area contributed by atoms with Crippen LogP contribution >= 0.6 is 28.1 Å². The molecule has 1 aromatic carbocycles. The number of nitrogens with zero attached hydrogens (tertiary/aromatic N) is 3. The second-order valence-corrected chi connectivity index (χ2v) is 6.72. The summed E-state index contributed by atoms with van der Waals surface area (Å²) in [6.45, 7) is 0.895. The van der Waals surface area contributed by atoms with Gasteiger partial charge in [-0.15, -0.1) is 0 Å². The molecular weight excluding hydrogens is 404 g/mol. The Bertz CT molecular complexity index is 814. The Hall–Kier alpha value is -1.74. The number of hydrogen-bond acceptors (Lipinski definition) is 4. The summed E-state index contributed by atoms with van der Waals surface area (Å²) in [6, 6.07) is 4.52. The number of benzene rings is 1. The molecule has 2 aliphatic heterocycles. The van der Waals surface area contributed by atoms with Crippen molar-refractivity contribution in [2.45, 2.75) is 19.0 Å². The lowest BCUT2D eigenvalue weighted by atomic mass is 10.2. The predicted molar refractivity (Wildman–Crippen MR) is 91.7 cm³/mol. The number of fused-ring (bicyclic) bond motifs is 3. The average molecular weight is 416 g/mol. The smallest absolute Gasteiger partial charge is 0.265 e. The first-order chi connectivity index (χ1) is 11.5. The van der Waals surface area contributed by atoms with Gasteiger partial charge in [0.15, 0.2) is 5.82 Å². The lowest BCUT2D eigenvalue weighted by molar-refractivity contribution is 0.106. The lowest BCUT2D eigenvalue weighted by Gasteiger charge is -2.19.